The molecule has 104 valence electrons. The van der Waals surface area contributed by atoms with Crippen LogP contribution in [0.5, 0.6) is 0 Å². The normalized spacial score (nSPS) is 9.95. The van der Waals surface area contributed by atoms with E-state index in [2.05, 4.69) is 10.3 Å². The Labute approximate surface area is 111 Å². The van der Waals surface area contributed by atoms with Gasteiger partial charge in [0.15, 0.2) is 0 Å². The number of unbranched alkanes of at least 4 members (excludes halogenated alkanes) is 2. The molecule has 7 heteroatoms. The van der Waals surface area contributed by atoms with E-state index in [4.69, 9.17) is 4.74 Å². The molecule has 0 radical (unpaired) electrons. The van der Waals surface area contributed by atoms with Crippen LogP contribution in [0.1, 0.15) is 26.2 Å². The SMILES string of the molecule is CC(=O)OCCCCCNc1ccc([N+](=O)[O-])cn1. The zero-order chi connectivity index (χ0) is 14.1. The first-order chi connectivity index (χ1) is 9.09. The van der Waals surface area contributed by atoms with E-state index in [0.717, 1.165) is 25.8 Å². The zero-order valence-electron chi connectivity index (χ0n) is 10.8. The first kappa shape index (κ1) is 14.9. The van der Waals surface area contributed by atoms with Crippen LogP contribution >= 0.6 is 0 Å². The molecule has 0 aromatic carbocycles. The minimum Gasteiger partial charge on any atom is -0.466 e. The summed E-state index contributed by atoms with van der Waals surface area (Å²) in [7, 11) is 0. The Kier molecular flexibility index (Phi) is 6.28. The van der Waals surface area contributed by atoms with E-state index < -0.39 is 4.92 Å². The van der Waals surface area contributed by atoms with Crippen LogP contribution in [0.15, 0.2) is 18.3 Å². The molecule has 0 aliphatic carbocycles. The number of hydrogen-bond donors (Lipinski definition) is 1. The first-order valence-electron chi connectivity index (χ1n) is 6.07. The lowest BCUT2D eigenvalue weighted by Crippen LogP contribution is -2.05. The maximum absolute atomic E-state index is 10.5. The van der Waals surface area contributed by atoms with Gasteiger partial charge in [-0.3, -0.25) is 14.9 Å². The second-order valence-corrected chi connectivity index (χ2v) is 3.99. The van der Waals surface area contributed by atoms with E-state index >= 15 is 0 Å². The van der Waals surface area contributed by atoms with Gasteiger partial charge in [-0.25, -0.2) is 4.98 Å². The van der Waals surface area contributed by atoms with E-state index in [9.17, 15) is 14.9 Å². The molecule has 1 aromatic heterocycles. The predicted octanol–water partition coefficient (Wildman–Crippen LogP) is 2.14. The number of nitro groups is 1. The molecule has 0 saturated carbocycles. The molecule has 0 unspecified atom stereocenters. The van der Waals surface area contributed by atoms with Crippen molar-refractivity contribution in [2.45, 2.75) is 26.2 Å². The second kappa shape index (κ2) is 8.02. The fraction of sp³-hybridized carbons (Fsp3) is 0.500. The van der Waals surface area contributed by atoms with Crippen molar-refractivity contribution >= 4 is 17.5 Å². The van der Waals surface area contributed by atoms with Crippen molar-refractivity contribution < 1.29 is 14.5 Å². The Hall–Kier alpha value is -2.18. The van der Waals surface area contributed by atoms with Crippen molar-refractivity contribution in [1.29, 1.82) is 0 Å². The van der Waals surface area contributed by atoms with Crippen LogP contribution in [0.25, 0.3) is 0 Å². The fourth-order valence-corrected chi connectivity index (χ4v) is 1.43. The quantitative estimate of drug-likeness (QED) is 0.335. The summed E-state index contributed by atoms with van der Waals surface area (Å²) in [5.41, 5.74) is -0.0214. The van der Waals surface area contributed by atoms with E-state index in [1.165, 1.54) is 19.2 Å². The van der Waals surface area contributed by atoms with Crippen molar-refractivity contribution in [1.82, 2.24) is 4.98 Å². The standard InChI is InChI=1S/C12H17N3O4/c1-10(16)19-8-4-2-3-7-13-12-6-5-11(9-14-12)15(17)18/h5-6,9H,2-4,7-8H2,1H3,(H,13,14). The molecule has 0 fully saturated rings. The monoisotopic (exact) mass is 267 g/mol. The van der Waals surface area contributed by atoms with Gasteiger partial charge in [-0.15, -0.1) is 0 Å². The highest BCUT2D eigenvalue weighted by atomic mass is 16.6. The maximum Gasteiger partial charge on any atom is 0.302 e. The van der Waals surface area contributed by atoms with Gasteiger partial charge in [-0.05, 0) is 25.3 Å². The van der Waals surface area contributed by atoms with Crippen molar-refractivity contribution in [3.8, 4) is 0 Å². The average molecular weight is 267 g/mol. The molecular weight excluding hydrogens is 250 g/mol. The topological polar surface area (TPSA) is 94.4 Å². The van der Waals surface area contributed by atoms with Crippen LogP contribution in [0.2, 0.25) is 0 Å². The minimum atomic E-state index is -0.480. The fourth-order valence-electron chi connectivity index (χ4n) is 1.43. The largest absolute Gasteiger partial charge is 0.466 e. The van der Waals surface area contributed by atoms with Crippen molar-refractivity contribution in [2.24, 2.45) is 0 Å². The molecule has 0 atom stereocenters. The van der Waals surface area contributed by atoms with Crippen LogP contribution in [0.4, 0.5) is 11.5 Å². The number of hydrogen-bond acceptors (Lipinski definition) is 6. The summed E-state index contributed by atoms with van der Waals surface area (Å²) >= 11 is 0. The summed E-state index contributed by atoms with van der Waals surface area (Å²) in [5.74, 6) is 0.360. The Bertz CT molecular complexity index is 419. The third kappa shape index (κ3) is 6.35. The van der Waals surface area contributed by atoms with Crippen LogP contribution in [0.3, 0.4) is 0 Å². The number of nitrogens with zero attached hydrogens (tertiary/aromatic N) is 2. The van der Waals surface area contributed by atoms with Gasteiger partial charge in [0, 0.05) is 19.5 Å². The number of rotatable bonds is 8. The number of nitrogens with one attached hydrogen (secondary N) is 1. The number of carbonyl (C=O) groups is 1. The average Bonchev–Trinajstić information content (AvgIpc) is 2.38. The highest BCUT2D eigenvalue weighted by molar-refractivity contribution is 5.65. The van der Waals surface area contributed by atoms with Crippen LogP contribution in [0, 0.1) is 10.1 Å². The summed E-state index contributed by atoms with van der Waals surface area (Å²) < 4.78 is 4.81. The highest BCUT2D eigenvalue weighted by Crippen LogP contribution is 2.11. The highest BCUT2D eigenvalue weighted by Gasteiger charge is 2.04. The summed E-state index contributed by atoms with van der Waals surface area (Å²) in [4.78, 5) is 24.4. The van der Waals surface area contributed by atoms with E-state index in [0.29, 0.717) is 12.4 Å². The molecule has 1 heterocycles. The number of aromatic nitrogens is 1. The van der Waals surface area contributed by atoms with Gasteiger partial charge >= 0.3 is 5.97 Å². The minimum absolute atomic E-state index is 0.0214. The molecule has 0 spiro atoms. The number of pyridine rings is 1. The lowest BCUT2D eigenvalue weighted by atomic mass is 10.2. The first-order valence-corrected chi connectivity index (χ1v) is 6.07. The van der Waals surface area contributed by atoms with E-state index in [1.54, 1.807) is 6.07 Å². The third-order valence-corrected chi connectivity index (χ3v) is 2.39. The molecule has 1 aromatic rings. The Morgan fingerprint density at radius 1 is 1.42 bits per heavy atom. The molecule has 1 rings (SSSR count). The summed E-state index contributed by atoms with van der Waals surface area (Å²) in [6, 6.07) is 2.99. The predicted molar refractivity (Wildman–Crippen MR) is 69.9 cm³/mol. The molecule has 19 heavy (non-hydrogen) atoms. The Morgan fingerprint density at radius 3 is 2.79 bits per heavy atom. The number of carbonyl (C=O) groups excluding carboxylic acids is 1. The summed E-state index contributed by atoms with van der Waals surface area (Å²) in [5, 5.41) is 13.5. The number of ether oxygens (including phenoxy) is 1. The smallest absolute Gasteiger partial charge is 0.302 e. The Morgan fingerprint density at radius 2 is 2.21 bits per heavy atom. The van der Waals surface area contributed by atoms with Gasteiger partial charge in [-0.2, -0.15) is 0 Å². The molecule has 0 saturated heterocycles. The van der Waals surface area contributed by atoms with Crippen molar-refractivity contribution in [3.63, 3.8) is 0 Å². The van der Waals surface area contributed by atoms with Gasteiger partial charge < -0.3 is 10.1 Å². The summed E-state index contributed by atoms with van der Waals surface area (Å²) in [6.07, 6.45) is 3.91. The van der Waals surface area contributed by atoms with Gasteiger partial charge in [0.25, 0.3) is 5.69 Å². The maximum atomic E-state index is 10.5. The van der Waals surface area contributed by atoms with Crippen LogP contribution < -0.4 is 5.32 Å². The van der Waals surface area contributed by atoms with Gasteiger partial charge in [-0.1, -0.05) is 0 Å². The molecule has 0 amide bonds. The van der Waals surface area contributed by atoms with Crippen LogP contribution in [-0.4, -0.2) is 29.0 Å². The lowest BCUT2D eigenvalue weighted by molar-refractivity contribution is -0.385. The summed E-state index contributed by atoms with van der Waals surface area (Å²) in [6.45, 7) is 2.57. The van der Waals surface area contributed by atoms with Crippen LogP contribution in [-0.2, 0) is 9.53 Å². The van der Waals surface area contributed by atoms with Gasteiger partial charge in [0.1, 0.15) is 12.0 Å². The second-order valence-electron chi connectivity index (χ2n) is 3.99. The lowest BCUT2D eigenvalue weighted by Gasteiger charge is -2.05. The zero-order valence-corrected chi connectivity index (χ0v) is 10.8. The van der Waals surface area contributed by atoms with Crippen molar-refractivity contribution in [2.75, 3.05) is 18.5 Å². The molecule has 7 nitrogen and oxygen atoms in total. The molecular formula is C12H17N3O4. The van der Waals surface area contributed by atoms with Crippen molar-refractivity contribution in [3.05, 3.63) is 28.4 Å². The van der Waals surface area contributed by atoms with Gasteiger partial charge in [0.2, 0.25) is 0 Å². The van der Waals surface area contributed by atoms with Gasteiger partial charge in [0.05, 0.1) is 11.5 Å². The molecule has 1 N–H and O–H groups in total. The molecule has 0 bridgehead atoms. The van der Waals surface area contributed by atoms with E-state index in [-0.39, 0.29) is 11.7 Å². The van der Waals surface area contributed by atoms with E-state index in [1.807, 2.05) is 0 Å². The molecule has 0 aliphatic rings. The number of anilines is 1. The number of esters is 1. The third-order valence-electron chi connectivity index (χ3n) is 2.39. The Balaban J connectivity index is 2.12. The molecule has 0 aliphatic heterocycles.